The maximum atomic E-state index is 14.0. The molecule has 0 spiro atoms. The molecule has 2 aromatic heterocycles. The average Bonchev–Trinajstić information content (AvgIpc) is 3.35. The lowest BCUT2D eigenvalue weighted by atomic mass is 10.2. The maximum Gasteiger partial charge on any atom is 0.275 e. The molecule has 0 atom stereocenters. The number of anilines is 2. The molecule has 1 aliphatic rings. The van der Waals surface area contributed by atoms with E-state index in [0.29, 0.717) is 11.4 Å². The van der Waals surface area contributed by atoms with E-state index < -0.39 is 0 Å². The number of thiazole rings is 1. The van der Waals surface area contributed by atoms with Crippen molar-refractivity contribution in [2.75, 3.05) is 23.3 Å². The van der Waals surface area contributed by atoms with Crippen LogP contribution in [-0.2, 0) is 7.05 Å². The molecule has 0 unspecified atom stereocenters. The predicted molar refractivity (Wildman–Crippen MR) is 100 cm³/mol. The van der Waals surface area contributed by atoms with Crippen LogP contribution in [0.4, 0.5) is 15.8 Å². The largest absolute Gasteiger partial charge is 0.371 e. The van der Waals surface area contributed by atoms with E-state index in [4.69, 9.17) is 0 Å². The summed E-state index contributed by atoms with van der Waals surface area (Å²) in [5.41, 5.74) is 2.40. The molecule has 3 aromatic rings. The fraction of sp³-hybridized carbons (Fsp3) is 0.278. The SMILES string of the molecule is Cn1cc(-c2nc(C(=O)Nc3cc(F)cc(N4CCCC4)c3)cs2)cn1. The molecule has 1 amide bonds. The number of carbonyl (C=O) groups is 1. The number of nitrogens with zero attached hydrogens (tertiary/aromatic N) is 4. The van der Waals surface area contributed by atoms with Gasteiger partial charge in [-0.15, -0.1) is 11.3 Å². The number of amides is 1. The smallest absolute Gasteiger partial charge is 0.275 e. The van der Waals surface area contributed by atoms with Gasteiger partial charge in [0, 0.05) is 48.7 Å². The fourth-order valence-electron chi connectivity index (χ4n) is 3.04. The number of aryl methyl sites for hydroxylation is 1. The number of hydrogen-bond acceptors (Lipinski definition) is 5. The van der Waals surface area contributed by atoms with Gasteiger partial charge >= 0.3 is 0 Å². The van der Waals surface area contributed by atoms with Gasteiger partial charge in [0.2, 0.25) is 0 Å². The highest BCUT2D eigenvalue weighted by Crippen LogP contribution is 2.26. The zero-order valence-electron chi connectivity index (χ0n) is 14.3. The van der Waals surface area contributed by atoms with Crippen molar-refractivity contribution in [3.05, 3.63) is 47.5 Å². The van der Waals surface area contributed by atoms with E-state index in [1.165, 1.54) is 23.5 Å². The lowest BCUT2D eigenvalue weighted by molar-refractivity contribution is 0.102. The molecule has 1 aliphatic heterocycles. The summed E-state index contributed by atoms with van der Waals surface area (Å²) in [6.45, 7) is 1.83. The number of carbonyl (C=O) groups excluding carboxylic acids is 1. The van der Waals surface area contributed by atoms with E-state index >= 15 is 0 Å². The molecule has 4 rings (SSSR count). The first-order valence-electron chi connectivity index (χ1n) is 8.40. The van der Waals surface area contributed by atoms with Gasteiger partial charge in [-0.2, -0.15) is 5.10 Å². The summed E-state index contributed by atoms with van der Waals surface area (Å²) in [5, 5.41) is 9.27. The monoisotopic (exact) mass is 371 g/mol. The Balaban J connectivity index is 1.52. The van der Waals surface area contributed by atoms with Crippen molar-refractivity contribution in [2.45, 2.75) is 12.8 Å². The molecule has 1 fully saturated rings. The topological polar surface area (TPSA) is 63.1 Å². The van der Waals surface area contributed by atoms with Gasteiger partial charge in [-0.25, -0.2) is 9.37 Å². The van der Waals surface area contributed by atoms with Crippen molar-refractivity contribution >= 4 is 28.6 Å². The first kappa shape index (κ1) is 16.7. The molecule has 1 aromatic carbocycles. The lowest BCUT2D eigenvalue weighted by Crippen LogP contribution is -2.18. The van der Waals surface area contributed by atoms with E-state index in [2.05, 4.69) is 20.3 Å². The van der Waals surface area contributed by atoms with Gasteiger partial charge in [-0.1, -0.05) is 0 Å². The van der Waals surface area contributed by atoms with Crippen LogP contribution < -0.4 is 10.2 Å². The third-order valence-corrected chi connectivity index (χ3v) is 5.19. The summed E-state index contributed by atoms with van der Waals surface area (Å²) in [5.74, 6) is -0.714. The average molecular weight is 371 g/mol. The van der Waals surface area contributed by atoms with Crippen molar-refractivity contribution in [2.24, 2.45) is 7.05 Å². The van der Waals surface area contributed by atoms with Crippen LogP contribution >= 0.6 is 11.3 Å². The van der Waals surface area contributed by atoms with Crippen molar-refractivity contribution in [3.63, 3.8) is 0 Å². The van der Waals surface area contributed by atoms with Gasteiger partial charge in [0.1, 0.15) is 16.5 Å². The number of rotatable bonds is 4. The first-order chi connectivity index (χ1) is 12.6. The summed E-state index contributed by atoms with van der Waals surface area (Å²) in [6, 6.07) is 4.64. The molecule has 0 saturated carbocycles. The Bertz CT molecular complexity index is 945. The molecule has 1 saturated heterocycles. The van der Waals surface area contributed by atoms with Gasteiger partial charge < -0.3 is 10.2 Å². The quantitative estimate of drug-likeness (QED) is 0.762. The first-order valence-corrected chi connectivity index (χ1v) is 9.28. The van der Waals surface area contributed by atoms with Crippen LogP contribution in [0.25, 0.3) is 10.6 Å². The standard InChI is InChI=1S/C18H18FN5OS/c1-23-10-12(9-20-23)18-22-16(11-26-18)17(25)21-14-6-13(19)7-15(8-14)24-4-2-3-5-24/h6-11H,2-5H2,1H3,(H,21,25). The highest BCUT2D eigenvalue weighted by atomic mass is 32.1. The Kier molecular flexibility index (Phi) is 4.42. The Morgan fingerprint density at radius 3 is 2.81 bits per heavy atom. The molecule has 8 heteroatoms. The van der Waals surface area contributed by atoms with Crippen LogP contribution in [-0.4, -0.2) is 33.8 Å². The van der Waals surface area contributed by atoms with E-state index in [1.807, 2.05) is 13.2 Å². The number of aromatic nitrogens is 3. The third-order valence-electron chi connectivity index (χ3n) is 4.30. The Morgan fingerprint density at radius 1 is 1.27 bits per heavy atom. The van der Waals surface area contributed by atoms with Crippen LogP contribution in [0.3, 0.4) is 0 Å². The highest BCUT2D eigenvalue weighted by molar-refractivity contribution is 7.13. The summed E-state index contributed by atoms with van der Waals surface area (Å²) in [4.78, 5) is 19.0. The molecule has 26 heavy (non-hydrogen) atoms. The van der Waals surface area contributed by atoms with Gasteiger partial charge in [0.25, 0.3) is 5.91 Å². The number of nitrogens with one attached hydrogen (secondary N) is 1. The van der Waals surface area contributed by atoms with Gasteiger partial charge in [0.05, 0.1) is 6.20 Å². The zero-order chi connectivity index (χ0) is 18.1. The summed E-state index contributed by atoms with van der Waals surface area (Å²) in [6.07, 6.45) is 5.76. The second-order valence-electron chi connectivity index (χ2n) is 6.29. The van der Waals surface area contributed by atoms with Crippen LogP contribution in [0.2, 0.25) is 0 Å². The van der Waals surface area contributed by atoms with E-state index in [9.17, 15) is 9.18 Å². The van der Waals surface area contributed by atoms with Crippen LogP contribution in [0.15, 0.2) is 36.0 Å². The summed E-state index contributed by atoms with van der Waals surface area (Å²) >= 11 is 1.37. The molecule has 0 bridgehead atoms. The van der Waals surface area contributed by atoms with Crippen molar-refractivity contribution in [1.82, 2.24) is 14.8 Å². The fourth-order valence-corrected chi connectivity index (χ4v) is 3.82. The molecule has 0 aliphatic carbocycles. The Morgan fingerprint density at radius 2 is 2.08 bits per heavy atom. The van der Waals surface area contributed by atoms with Gasteiger partial charge in [-0.3, -0.25) is 9.48 Å². The Hall–Kier alpha value is -2.74. The van der Waals surface area contributed by atoms with Crippen LogP contribution in [0.5, 0.6) is 0 Å². The van der Waals surface area contributed by atoms with Crippen LogP contribution in [0.1, 0.15) is 23.3 Å². The molecule has 3 heterocycles. The summed E-state index contributed by atoms with van der Waals surface area (Å²) in [7, 11) is 1.83. The second kappa shape index (κ2) is 6.87. The van der Waals surface area contributed by atoms with Gasteiger partial charge in [-0.05, 0) is 31.0 Å². The molecular weight excluding hydrogens is 353 g/mol. The van der Waals surface area contributed by atoms with E-state index in [-0.39, 0.29) is 11.7 Å². The highest BCUT2D eigenvalue weighted by Gasteiger charge is 2.16. The van der Waals surface area contributed by atoms with Gasteiger partial charge in [0.15, 0.2) is 0 Å². The van der Waals surface area contributed by atoms with Crippen molar-refractivity contribution in [1.29, 1.82) is 0 Å². The third kappa shape index (κ3) is 3.45. The lowest BCUT2D eigenvalue weighted by Gasteiger charge is -2.18. The van der Waals surface area contributed by atoms with E-state index in [0.717, 1.165) is 42.2 Å². The van der Waals surface area contributed by atoms with Crippen molar-refractivity contribution in [3.8, 4) is 10.6 Å². The maximum absolute atomic E-state index is 14.0. The number of halogens is 1. The molecular formula is C18H18FN5OS. The second-order valence-corrected chi connectivity index (χ2v) is 7.15. The minimum Gasteiger partial charge on any atom is -0.371 e. The molecule has 134 valence electrons. The number of hydrogen-bond donors (Lipinski definition) is 1. The zero-order valence-corrected chi connectivity index (χ0v) is 15.1. The minimum atomic E-state index is -0.362. The minimum absolute atomic E-state index is 0.306. The molecule has 6 nitrogen and oxygen atoms in total. The van der Waals surface area contributed by atoms with E-state index in [1.54, 1.807) is 22.3 Å². The summed E-state index contributed by atoms with van der Waals surface area (Å²) < 4.78 is 15.6. The van der Waals surface area contributed by atoms with Crippen molar-refractivity contribution < 1.29 is 9.18 Å². The number of benzene rings is 1. The predicted octanol–water partition coefficient (Wildman–Crippen LogP) is 3.54. The van der Waals surface area contributed by atoms with Crippen LogP contribution in [0, 0.1) is 5.82 Å². The normalized spacial score (nSPS) is 14.0. The molecule has 0 radical (unpaired) electrons. The Labute approximate surface area is 154 Å². The molecule has 1 N–H and O–H groups in total.